The third kappa shape index (κ3) is 4.21. The van der Waals surface area contributed by atoms with Crippen LogP contribution >= 0.6 is 0 Å². The topological polar surface area (TPSA) is 158 Å². The molecule has 0 radical (unpaired) electrons. The molecular formula is C21H19N5O6. The Hall–Kier alpha value is -4.41. The SMILES string of the molecule is NC(=O)Cn1c(O)c(N=NC(=O)CNC(=O)[C@H]2COc3ccccc3O2)c2ccccc21. The maximum absolute atomic E-state index is 12.3. The van der Waals surface area contributed by atoms with E-state index >= 15 is 0 Å². The summed E-state index contributed by atoms with van der Waals surface area (Å²) in [4.78, 5) is 35.7. The predicted octanol–water partition coefficient (Wildman–Crippen LogP) is 1.40. The Bertz CT molecular complexity index is 1230. The Balaban J connectivity index is 1.41. The van der Waals surface area contributed by atoms with E-state index in [4.69, 9.17) is 15.2 Å². The van der Waals surface area contributed by atoms with E-state index in [1.54, 1.807) is 48.5 Å². The average molecular weight is 437 g/mol. The normalized spacial score (nSPS) is 15.1. The van der Waals surface area contributed by atoms with Crippen molar-refractivity contribution in [2.24, 2.45) is 16.0 Å². The summed E-state index contributed by atoms with van der Waals surface area (Å²) in [5.41, 5.74) is 5.76. The highest BCUT2D eigenvalue weighted by Crippen LogP contribution is 2.38. The monoisotopic (exact) mass is 437 g/mol. The van der Waals surface area contributed by atoms with Gasteiger partial charge in [-0.1, -0.05) is 30.3 Å². The highest BCUT2D eigenvalue weighted by Gasteiger charge is 2.27. The van der Waals surface area contributed by atoms with Gasteiger partial charge in [0, 0.05) is 5.39 Å². The molecule has 4 rings (SSSR count). The van der Waals surface area contributed by atoms with Crippen molar-refractivity contribution in [2.75, 3.05) is 13.2 Å². The zero-order chi connectivity index (χ0) is 22.7. The quantitative estimate of drug-likeness (QED) is 0.495. The van der Waals surface area contributed by atoms with E-state index in [0.29, 0.717) is 22.4 Å². The number of nitrogens with one attached hydrogen (secondary N) is 1. The Labute approximate surface area is 181 Å². The van der Waals surface area contributed by atoms with Gasteiger partial charge in [0.15, 0.2) is 17.2 Å². The summed E-state index contributed by atoms with van der Waals surface area (Å²) in [6.07, 6.45) is -0.912. The Kier molecular flexibility index (Phi) is 5.71. The molecule has 0 fully saturated rings. The summed E-state index contributed by atoms with van der Waals surface area (Å²) in [5.74, 6) is -1.31. The summed E-state index contributed by atoms with van der Waals surface area (Å²) in [5, 5.41) is 20.7. The number of hydrogen-bond acceptors (Lipinski definition) is 7. The smallest absolute Gasteiger partial charge is 0.283 e. The first kappa shape index (κ1) is 20.8. The van der Waals surface area contributed by atoms with Gasteiger partial charge in [0.2, 0.25) is 17.9 Å². The molecule has 0 spiro atoms. The van der Waals surface area contributed by atoms with Crippen LogP contribution in [-0.4, -0.2) is 46.7 Å². The molecule has 3 amide bonds. The summed E-state index contributed by atoms with van der Waals surface area (Å²) in [7, 11) is 0. The van der Waals surface area contributed by atoms with Crippen LogP contribution in [-0.2, 0) is 20.9 Å². The van der Waals surface area contributed by atoms with Gasteiger partial charge in [-0.2, -0.15) is 0 Å². The summed E-state index contributed by atoms with van der Waals surface area (Å²) in [6, 6.07) is 13.7. The molecule has 0 unspecified atom stereocenters. The van der Waals surface area contributed by atoms with Crippen molar-refractivity contribution in [3.05, 3.63) is 48.5 Å². The first-order valence-electron chi connectivity index (χ1n) is 9.63. The zero-order valence-electron chi connectivity index (χ0n) is 16.7. The van der Waals surface area contributed by atoms with Crippen molar-refractivity contribution in [1.29, 1.82) is 0 Å². The van der Waals surface area contributed by atoms with E-state index in [9.17, 15) is 19.5 Å². The first-order valence-corrected chi connectivity index (χ1v) is 9.63. The van der Waals surface area contributed by atoms with Crippen molar-refractivity contribution in [3.8, 4) is 17.4 Å². The number of aromatic nitrogens is 1. The number of fused-ring (bicyclic) bond motifs is 2. The van der Waals surface area contributed by atoms with Crippen LogP contribution in [0.2, 0.25) is 0 Å². The first-order chi connectivity index (χ1) is 15.4. The number of azo groups is 1. The van der Waals surface area contributed by atoms with Gasteiger partial charge in [-0.3, -0.25) is 14.4 Å². The molecule has 164 valence electrons. The molecule has 4 N–H and O–H groups in total. The third-order valence-corrected chi connectivity index (χ3v) is 4.71. The van der Waals surface area contributed by atoms with Crippen LogP contribution in [0, 0.1) is 0 Å². The predicted molar refractivity (Wildman–Crippen MR) is 112 cm³/mol. The average Bonchev–Trinajstić information content (AvgIpc) is 3.06. The molecule has 2 aromatic carbocycles. The van der Waals surface area contributed by atoms with Crippen molar-refractivity contribution in [1.82, 2.24) is 9.88 Å². The maximum atomic E-state index is 12.3. The van der Waals surface area contributed by atoms with E-state index in [2.05, 4.69) is 15.5 Å². The fourth-order valence-corrected chi connectivity index (χ4v) is 3.25. The van der Waals surface area contributed by atoms with Crippen LogP contribution in [0.1, 0.15) is 0 Å². The number of benzene rings is 2. The van der Waals surface area contributed by atoms with Gasteiger partial charge < -0.3 is 30.2 Å². The van der Waals surface area contributed by atoms with Crippen molar-refractivity contribution in [3.63, 3.8) is 0 Å². The number of nitrogens with zero attached hydrogens (tertiary/aromatic N) is 3. The maximum Gasteiger partial charge on any atom is 0.283 e. The van der Waals surface area contributed by atoms with E-state index in [1.165, 1.54) is 4.57 Å². The molecular weight excluding hydrogens is 418 g/mol. The van der Waals surface area contributed by atoms with Gasteiger partial charge in [0.1, 0.15) is 19.7 Å². The Morgan fingerprint density at radius 3 is 2.62 bits per heavy atom. The number of amides is 3. The molecule has 1 aromatic heterocycles. The summed E-state index contributed by atoms with van der Waals surface area (Å²) in [6.45, 7) is -0.686. The number of para-hydroxylation sites is 3. The third-order valence-electron chi connectivity index (χ3n) is 4.71. The fraction of sp³-hybridized carbons (Fsp3) is 0.190. The van der Waals surface area contributed by atoms with Crippen LogP contribution in [0.5, 0.6) is 17.4 Å². The second-order valence-electron chi connectivity index (χ2n) is 6.92. The van der Waals surface area contributed by atoms with E-state index in [1.807, 2.05) is 0 Å². The molecule has 2 heterocycles. The lowest BCUT2D eigenvalue weighted by Gasteiger charge is -2.25. The summed E-state index contributed by atoms with van der Waals surface area (Å²) >= 11 is 0. The lowest BCUT2D eigenvalue weighted by Crippen LogP contribution is -2.45. The minimum Gasteiger partial charge on any atom is -0.493 e. The van der Waals surface area contributed by atoms with Crippen molar-refractivity contribution < 1.29 is 29.0 Å². The second kappa shape index (κ2) is 8.76. The molecule has 1 atom stereocenters. The minimum atomic E-state index is -0.912. The van der Waals surface area contributed by atoms with Crippen molar-refractivity contribution >= 4 is 34.3 Å². The molecule has 3 aromatic rings. The number of rotatable bonds is 6. The van der Waals surface area contributed by atoms with Gasteiger partial charge in [0.05, 0.1) is 5.52 Å². The van der Waals surface area contributed by atoms with Crippen LogP contribution in [0.4, 0.5) is 5.69 Å². The molecule has 11 heteroatoms. The Morgan fingerprint density at radius 1 is 1.12 bits per heavy atom. The molecule has 32 heavy (non-hydrogen) atoms. The molecule has 0 aliphatic carbocycles. The largest absolute Gasteiger partial charge is 0.493 e. The number of aromatic hydroxyl groups is 1. The lowest BCUT2D eigenvalue weighted by atomic mass is 10.2. The molecule has 1 aliphatic heterocycles. The van der Waals surface area contributed by atoms with Gasteiger partial charge in [-0.25, -0.2) is 0 Å². The number of carbonyl (C=O) groups excluding carboxylic acids is 3. The van der Waals surface area contributed by atoms with Gasteiger partial charge in [0.25, 0.3) is 11.8 Å². The highest BCUT2D eigenvalue weighted by atomic mass is 16.6. The van der Waals surface area contributed by atoms with Gasteiger partial charge in [-0.15, -0.1) is 10.2 Å². The Morgan fingerprint density at radius 2 is 1.84 bits per heavy atom. The number of ether oxygens (including phenoxy) is 2. The summed E-state index contributed by atoms with van der Waals surface area (Å²) < 4.78 is 12.3. The molecule has 0 bridgehead atoms. The zero-order valence-corrected chi connectivity index (χ0v) is 16.7. The van der Waals surface area contributed by atoms with Crippen LogP contribution in [0.15, 0.2) is 58.8 Å². The fourth-order valence-electron chi connectivity index (χ4n) is 3.25. The number of primary amides is 1. The molecule has 0 saturated carbocycles. The van der Waals surface area contributed by atoms with Crippen LogP contribution < -0.4 is 20.5 Å². The second-order valence-corrected chi connectivity index (χ2v) is 6.92. The van der Waals surface area contributed by atoms with E-state index in [-0.39, 0.29) is 24.7 Å². The van der Waals surface area contributed by atoms with Gasteiger partial charge in [-0.05, 0) is 18.2 Å². The molecule has 11 nitrogen and oxygen atoms in total. The molecule has 1 aliphatic rings. The number of nitrogens with two attached hydrogens (primary N) is 1. The number of carbonyl (C=O) groups is 3. The lowest BCUT2D eigenvalue weighted by molar-refractivity contribution is -0.132. The van der Waals surface area contributed by atoms with Crippen LogP contribution in [0.25, 0.3) is 10.9 Å². The highest BCUT2D eigenvalue weighted by molar-refractivity contribution is 5.96. The van der Waals surface area contributed by atoms with Crippen LogP contribution in [0.3, 0.4) is 0 Å². The van der Waals surface area contributed by atoms with Gasteiger partial charge >= 0.3 is 0 Å². The standard InChI is InChI=1S/C21H19N5O6/c22-17(27)10-26-13-6-2-1-5-12(13)19(21(26)30)25-24-18(28)9-23-20(29)16-11-31-14-7-3-4-8-15(14)32-16/h1-8,16,30H,9-11H2,(H2,22,27)(H,23,29)/t16-/m1/s1. The molecule has 0 saturated heterocycles. The number of hydrogen-bond donors (Lipinski definition) is 3. The van der Waals surface area contributed by atoms with E-state index in [0.717, 1.165) is 0 Å². The van der Waals surface area contributed by atoms with E-state index < -0.39 is 30.4 Å². The minimum absolute atomic E-state index is 0.00575. The van der Waals surface area contributed by atoms with Crippen molar-refractivity contribution in [2.45, 2.75) is 12.6 Å².